The van der Waals surface area contributed by atoms with Crippen LogP contribution in [0.5, 0.6) is 0 Å². The lowest BCUT2D eigenvalue weighted by atomic mass is 10.1. The van der Waals surface area contributed by atoms with E-state index in [4.69, 9.17) is 0 Å². The highest BCUT2D eigenvalue weighted by Crippen LogP contribution is 2.62. The summed E-state index contributed by atoms with van der Waals surface area (Å²) in [6.07, 6.45) is 1.31. The maximum absolute atomic E-state index is 2.67. The highest BCUT2D eigenvalue weighted by atomic mass is 15.2. The molecule has 3 unspecified atom stereocenters. The van der Waals surface area contributed by atoms with Crippen molar-refractivity contribution in [3.63, 3.8) is 0 Å². The van der Waals surface area contributed by atoms with Crippen molar-refractivity contribution >= 4 is 0 Å². The summed E-state index contributed by atoms with van der Waals surface area (Å²) in [7, 11) is 0. The molecule has 1 heteroatoms. The molecule has 0 aromatic heterocycles. The molecule has 0 N–H and O–H groups in total. The Hall–Kier alpha value is -0.0400. The first-order valence-corrected chi connectivity index (χ1v) is 5.31. The van der Waals surface area contributed by atoms with Crippen molar-refractivity contribution in [3.8, 4) is 0 Å². The van der Waals surface area contributed by atoms with Gasteiger partial charge in [-0.2, -0.15) is 0 Å². The lowest BCUT2D eigenvalue weighted by Crippen LogP contribution is -2.34. The van der Waals surface area contributed by atoms with E-state index in [0.29, 0.717) is 5.41 Å². The Bertz CT molecular complexity index is 171. The summed E-state index contributed by atoms with van der Waals surface area (Å²) in [4.78, 5) is 2.67. The quantitative estimate of drug-likeness (QED) is 0.610. The van der Waals surface area contributed by atoms with E-state index in [1.165, 1.54) is 19.5 Å². The summed E-state index contributed by atoms with van der Waals surface area (Å²) < 4.78 is 0. The van der Waals surface area contributed by atoms with Gasteiger partial charge in [0.05, 0.1) is 0 Å². The number of fused-ring (bicyclic) bond motifs is 1. The zero-order chi connectivity index (χ0) is 8.93. The second kappa shape index (κ2) is 2.47. The predicted molar refractivity (Wildman–Crippen MR) is 52.1 cm³/mol. The number of rotatable bonds is 2. The molecule has 1 saturated heterocycles. The van der Waals surface area contributed by atoms with Crippen LogP contribution >= 0.6 is 0 Å². The molecule has 0 radical (unpaired) electrons. The number of hydrogen-bond acceptors (Lipinski definition) is 1. The van der Waals surface area contributed by atoms with Crippen LogP contribution < -0.4 is 0 Å². The van der Waals surface area contributed by atoms with Gasteiger partial charge in [0.25, 0.3) is 0 Å². The van der Waals surface area contributed by atoms with Gasteiger partial charge in [0, 0.05) is 19.1 Å². The first-order chi connectivity index (χ1) is 5.57. The summed E-state index contributed by atoms with van der Waals surface area (Å²) in [5.74, 6) is 2.04. The number of piperidine rings is 1. The zero-order valence-corrected chi connectivity index (χ0v) is 8.80. The molecular weight excluding hydrogens is 146 g/mol. The Morgan fingerprint density at radius 3 is 2.25 bits per heavy atom. The van der Waals surface area contributed by atoms with Gasteiger partial charge >= 0.3 is 0 Å². The molecule has 2 aliphatic rings. The van der Waals surface area contributed by atoms with Crippen molar-refractivity contribution in [1.29, 1.82) is 0 Å². The van der Waals surface area contributed by atoms with Gasteiger partial charge < -0.3 is 4.90 Å². The van der Waals surface area contributed by atoms with E-state index in [-0.39, 0.29) is 0 Å². The van der Waals surface area contributed by atoms with Gasteiger partial charge in [-0.05, 0) is 30.6 Å². The van der Waals surface area contributed by atoms with Crippen LogP contribution in [0, 0.1) is 17.3 Å². The number of likely N-dealkylation sites (tertiary alicyclic amines) is 1. The Labute approximate surface area is 76.1 Å². The number of nitrogens with zero attached hydrogens (tertiary/aromatic N) is 1. The average molecular weight is 167 g/mol. The first-order valence-electron chi connectivity index (χ1n) is 5.31. The fourth-order valence-corrected chi connectivity index (χ4v) is 2.78. The zero-order valence-electron chi connectivity index (χ0n) is 8.80. The first kappa shape index (κ1) is 8.55. The van der Waals surface area contributed by atoms with Crippen LogP contribution in [0.2, 0.25) is 0 Å². The van der Waals surface area contributed by atoms with Crippen molar-refractivity contribution in [2.45, 2.75) is 40.2 Å². The molecule has 1 aliphatic heterocycles. The van der Waals surface area contributed by atoms with Crippen LogP contribution in [0.15, 0.2) is 0 Å². The Morgan fingerprint density at radius 1 is 1.33 bits per heavy atom. The van der Waals surface area contributed by atoms with Crippen molar-refractivity contribution < 1.29 is 0 Å². The molecule has 1 aliphatic carbocycles. The second-order valence-electron chi connectivity index (χ2n) is 5.25. The van der Waals surface area contributed by atoms with E-state index in [2.05, 4.69) is 32.6 Å². The van der Waals surface area contributed by atoms with Crippen LogP contribution in [0.4, 0.5) is 0 Å². The van der Waals surface area contributed by atoms with Crippen LogP contribution in [-0.4, -0.2) is 24.0 Å². The van der Waals surface area contributed by atoms with Gasteiger partial charge in [0.15, 0.2) is 0 Å². The van der Waals surface area contributed by atoms with Crippen molar-refractivity contribution in [2.24, 2.45) is 17.3 Å². The lowest BCUT2D eigenvalue weighted by Gasteiger charge is -2.27. The molecule has 1 heterocycles. The molecule has 0 aromatic carbocycles. The molecule has 0 bridgehead atoms. The Morgan fingerprint density at radius 2 is 1.83 bits per heavy atom. The maximum Gasteiger partial charge on any atom is 0.00645 e. The highest BCUT2D eigenvalue weighted by Gasteiger charge is 2.61. The van der Waals surface area contributed by atoms with Gasteiger partial charge in [-0.3, -0.25) is 0 Å². The van der Waals surface area contributed by atoms with Crippen LogP contribution in [0.1, 0.15) is 34.1 Å². The SMILES string of the molecule is CCC(C)N1CC2C(C1)C2(C)C. The molecule has 3 atom stereocenters. The minimum absolute atomic E-state index is 0.684. The summed E-state index contributed by atoms with van der Waals surface area (Å²) in [6.45, 7) is 12.2. The smallest absolute Gasteiger partial charge is 0.00645 e. The molecule has 2 rings (SSSR count). The van der Waals surface area contributed by atoms with E-state index in [1.807, 2.05) is 0 Å². The standard InChI is InChI=1S/C11H21N/c1-5-8(2)12-6-9-10(7-12)11(9,3)4/h8-10H,5-7H2,1-4H3. The fraction of sp³-hybridized carbons (Fsp3) is 1.00. The third-order valence-electron chi connectivity index (χ3n) is 4.36. The molecule has 12 heavy (non-hydrogen) atoms. The summed E-state index contributed by atoms with van der Waals surface area (Å²) in [6, 6.07) is 0.814. The van der Waals surface area contributed by atoms with E-state index < -0.39 is 0 Å². The lowest BCUT2D eigenvalue weighted by molar-refractivity contribution is 0.198. The van der Waals surface area contributed by atoms with Gasteiger partial charge in [-0.1, -0.05) is 20.8 Å². The average Bonchev–Trinajstić information content (AvgIpc) is 2.52. The van der Waals surface area contributed by atoms with Crippen molar-refractivity contribution in [2.75, 3.05) is 13.1 Å². The maximum atomic E-state index is 2.67. The molecule has 0 aromatic rings. The normalized spacial score (nSPS) is 41.0. The minimum Gasteiger partial charge on any atom is -0.300 e. The topological polar surface area (TPSA) is 3.24 Å². The van der Waals surface area contributed by atoms with Crippen LogP contribution in [0.25, 0.3) is 0 Å². The summed E-state index contributed by atoms with van der Waals surface area (Å²) in [5.41, 5.74) is 0.684. The minimum atomic E-state index is 0.684. The van der Waals surface area contributed by atoms with Crippen LogP contribution in [-0.2, 0) is 0 Å². The van der Waals surface area contributed by atoms with E-state index in [0.717, 1.165) is 17.9 Å². The van der Waals surface area contributed by atoms with Crippen molar-refractivity contribution in [1.82, 2.24) is 4.90 Å². The molecule has 1 nitrogen and oxygen atoms in total. The fourth-order valence-electron chi connectivity index (χ4n) is 2.78. The third kappa shape index (κ3) is 1.02. The van der Waals surface area contributed by atoms with Gasteiger partial charge in [0.1, 0.15) is 0 Å². The third-order valence-corrected chi connectivity index (χ3v) is 4.36. The van der Waals surface area contributed by atoms with Gasteiger partial charge in [0.2, 0.25) is 0 Å². The predicted octanol–water partition coefficient (Wildman–Crippen LogP) is 2.37. The summed E-state index contributed by atoms with van der Waals surface area (Å²) >= 11 is 0. The molecule has 2 fully saturated rings. The van der Waals surface area contributed by atoms with Crippen molar-refractivity contribution in [3.05, 3.63) is 0 Å². The highest BCUT2D eigenvalue weighted by molar-refractivity contribution is 5.11. The second-order valence-corrected chi connectivity index (χ2v) is 5.25. The van der Waals surface area contributed by atoms with Crippen LogP contribution in [0.3, 0.4) is 0 Å². The number of hydrogen-bond donors (Lipinski definition) is 0. The molecule has 0 amide bonds. The van der Waals surface area contributed by atoms with E-state index >= 15 is 0 Å². The van der Waals surface area contributed by atoms with E-state index in [9.17, 15) is 0 Å². The van der Waals surface area contributed by atoms with Gasteiger partial charge in [-0.15, -0.1) is 0 Å². The largest absolute Gasteiger partial charge is 0.300 e. The molecule has 1 saturated carbocycles. The van der Waals surface area contributed by atoms with E-state index in [1.54, 1.807) is 0 Å². The summed E-state index contributed by atoms with van der Waals surface area (Å²) in [5, 5.41) is 0. The molecular formula is C11H21N. The Balaban J connectivity index is 1.90. The molecule has 70 valence electrons. The monoisotopic (exact) mass is 167 g/mol. The Kier molecular flexibility index (Phi) is 1.76. The van der Waals surface area contributed by atoms with Gasteiger partial charge in [-0.25, -0.2) is 0 Å². The molecule has 0 spiro atoms.